The number of nitrogens with one attached hydrogen (secondary N) is 1. The van der Waals surface area contributed by atoms with Crippen molar-refractivity contribution in [3.05, 3.63) is 47.7 Å². The fraction of sp³-hybridized carbons (Fsp3) is 0.471. The van der Waals surface area contributed by atoms with E-state index in [1.165, 1.54) is 36.9 Å². The SMILES string of the molecule is CC1=C[C@@H](c2ccccc2)N2C(=N[C@@H]3CCCC[C@H]32)N1. The molecule has 3 atom stereocenters. The molecule has 20 heavy (non-hydrogen) atoms. The number of rotatable bonds is 1. The van der Waals surface area contributed by atoms with Crippen molar-refractivity contribution in [3.63, 3.8) is 0 Å². The maximum atomic E-state index is 4.95. The largest absolute Gasteiger partial charge is 0.330 e. The number of hydrogen-bond acceptors (Lipinski definition) is 3. The third kappa shape index (κ3) is 1.84. The summed E-state index contributed by atoms with van der Waals surface area (Å²) in [4.78, 5) is 7.47. The van der Waals surface area contributed by atoms with Crippen LogP contribution in [0.1, 0.15) is 44.2 Å². The Balaban J connectivity index is 1.74. The maximum absolute atomic E-state index is 4.95. The van der Waals surface area contributed by atoms with Crippen LogP contribution in [-0.4, -0.2) is 22.9 Å². The molecule has 1 saturated carbocycles. The number of guanidine groups is 1. The summed E-state index contributed by atoms with van der Waals surface area (Å²) in [6.45, 7) is 2.14. The fourth-order valence-corrected chi connectivity index (χ4v) is 3.82. The van der Waals surface area contributed by atoms with Crippen LogP contribution in [0.4, 0.5) is 0 Å². The fourth-order valence-electron chi connectivity index (χ4n) is 3.82. The summed E-state index contributed by atoms with van der Waals surface area (Å²) in [6, 6.07) is 12.2. The molecular weight excluding hydrogens is 246 g/mol. The second-order valence-electron chi connectivity index (χ2n) is 6.11. The van der Waals surface area contributed by atoms with E-state index in [2.05, 4.69) is 53.5 Å². The van der Waals surface area contributed by atoms with Gasteiger partial charge in [-0.3, -0.25) is 0 Å². The molecule has 0 bridgehead atoms. The second kappa shape index (κ2) is 4.65. The lowest BCUT2D eigenvalue weighted by Crippen LogP contribution is -2.49. The monoisotopic (exact) mass is 267 g/mol. The quantitative estimate of drug-likeness (QED) is 0.846. The van der Waals surface area contributed by atoms with Gasteiger partial charge in [-0.1, -0.05) is 43.2 Å². The number of allylic oxidation sites excluding steroid dienone is 1. The van der Waals surface area contributed by atoms with Gasteiger partial charge < -0.3 is 10.2 Å². The number of hydrogen-bond donors (Lipinski definition) is 1. The van der Waals surface area contributed by atoms with Gasteiger partial charge in [0, 0.05) is 5.70 Å². The van der Waals surface area contributed by atoms with Crippen LogP contribution in [-0.2, 0) is 0 Å². The molecule has 1 aromatic carbocycles. The zero-order valence-corrected chi connectivity index (χ0v) is 11.9. The van der Waals surface area contributed by atoms with Crippen LogP contribution in [0.3, 0.4) is 0 Å². The average molecular weight is 267 g/mol. The Kier molecular flexibility index (Phi) is 2.79. The molecule has 0 unspecified atom stereocenters. The van der Waals surface area contributed by atoms with Crippen LogP contribution in [0.15, 0.2) is 47.1 Å². The highest BCUT2D eigenvalue weighted by atomic mass is 15.4. The predicted octanol–water partition coefficient (Wildman–Crippen LogP) is 3.22. The summed E-state index contributed by atoms with van der Waals surface area (Å²) < 4.78 is 0. The lowest BCUT2D eigenvalue weighted by molar-refractivity contribution is 0.211. The molecule has 2 aliphatic heterocycles. The standard InChI is InChI=1S/C17H21N3/c1-12-11-16(13-7-3-2-4-8-13)20-15-10-6-5-9-14(15)19-17(20)18-12/h2-4,7-8,11,14-16H,5-6,9-10H2,1H3,(H,18,19)/t14-,15-,16+/m1/s1. The summed E-state index contributed by atoms with van der Waals surface area (Å²) in [5.74, 6) is 1.09. The van der Waals surface area contributed by atoms with Gasteiger partial charge in [-0.05, 0) is 31.4 Å². The molecule has 1 fully saturated rings. The molecule has 1 N–H and O–H groups in total. The molecule has 3 nitrogen and oxygen atoms in total. The topological polar surface area (TPSA) is 27.6 Å². The van der Waals surface area contributed by atoms with Crippen molar-refractivity contribution in [2.45, 2.75) is 50.7 Å². The Morgan fingerprint density at radius 3 is 2.80 bits per heavy atom. The highest BCUT2D eigenvalue weighted by molar-refractivity contribution is 5.86. The van der Waals surface area contributed by atoms with E-state index in [-0.39, 0.29) is 0 Å². The first kappa shape index (κ1) is 12.0. The molecule has 3 heteroatoms. The predicted molar refractivity (Wildman–Crippen MR) is 81.4 cm³/mol. The summed E-state index contributed by atoms with van der Waals surface area (Å²) in [6.07, 6.45) is 7.52. The van der Waals surface area contributed by atoms with Crippen LogP contribution in [0.25, 0.3) is 0 Å². The minimum absolute atomic E-state index is 0.337. The Morgan fingerprint density at radius 2 is 1.95 bits per heavy atom. The molecule has 1 aliphatic carbocycles. The van der Waals surface area contributed by atoms with E-state index in [0.717, 1.165) is 5.96 Å². The summed E-state index contributed by atoms with van der Waals surface area (Å²) in [5, 5.41) is 3.47. The number of benzene rings is 1. The summed E-state index contributed by atoms with van der Waals surface area (Å²) >= 11 is 0. The number of aliphatic imine (C=N–C) groups is 1. The number of fused-ring (bicyclic) bond motifs is 3. The molecule has 0 aromatic heterocycles. The zero-order chi connectivity index (χ0) is 13.5. The minimum atomic E-state index is 0.337. The molecule has 0 saturated heterocycles. The van der Waals surface area contributed by atoms with Gasteiger partial charge in [0.15, 0.2) is 5.96 Å². The molecule has 3 aliphatic rings. The first-order valence-electron chi connectivity index (χ1n) is 7.69. The lowest BCUT2D eigenvalue weighted by Gasteiger charge is -2.40. The maximum Gasteiger partial charge on any atom is 0.199 e. The molecule has 4 rings (SSSR count). The van der Waals surface area contributed by atoms with Gasteiger partial charge in [-0.25, -0.2) is 4.99 Å². The minimum Gasteiger partial charge on any atom is -0.330 e. The van der Waals surface area contributed by atoms with Crippen LogP contribution >= 0.6 is 0 Å². The average Bonchev–Trinajstić information content (AvgIpc) is 2.85. The third-order valence-corrected chi connectivity index (χ3v) is 4.74. The smallest absolute Gasteiger partial charge is 0.199 e. The van der Waals surface area contributed by atoms with Crippen LogP contribution in [0.2, 0.25) is 0 Å². The lowest BCUT2D eigenvalue weighted by atomic mass is 9.89. The van der Waals surface area contributed by atoms with E-state index in [9.17, 15) is 0 Å². The van der Waals surface area contributed by atoms with Crippen LogP contribution in [0.5, 0.6) is 0 Å². The van der Waals surface area contributed by atoms with Crippen molar-refractivity contribution in [3.8, 4) is 0 Å². The Bertz CT molecular complexity index is 561. The molecule has 0 spiro atoms. The molecule has 0 radical (unpaired) electrons. The highest BCUT2D eigenvalue weighted by Gasteiger charge is 2.42. The van der Waals surface area contributed by atoms with E-state index in [4.69, 9.17) is 4.99 Å². The molecule has 0 amide bonds. The van der Waals surface area contributed by atoms with Gasteiger partial charge in [0.05, 0.1) is 18.1 Å². The van der Waals surface area contributed by atoms with E-state index in [1.807, 2.05) is 0 Å². The Labute approximate surface area is 120 Å². The van der Waals surface area contributed by atoms with Gasteiger partial charge in [-0.2, -0.15) is 0 Å². The van der Waals surface area contributed by atoms with Gasteiger partial charge in [0.1, 0.15) is 0 Å². The summed E-state index contributed by atoms with van der Waals surface area (Å²) in [5.41, 5.74) is 2.58. The second-order valence-corrected chi connectivity index (χ2v) is 6.11. The highest BCUT2D eigenvalue weighted by Crippen LogP contribution is 2.38. The van der Waals surface area contributed by atoms with Gasteiger partial charge in [-0.15, -0.1) is 0 Å². The van der Waals surface area contributed by atoms with E-state index in [1.54, 1.807) is 0 Å². The molecule has 2 heterocycles. The third-order valence-electron chi connectivity index (χ3n) is 4.74. The summed E-state index contributed by atoms with van der Waals surface area (Å²) in [7, 11) is 0. The normalized spacial score (nSPS) is 31.9. The first-order chi connectivity index (χ1) is 9.83. The number of nitrogens with zero attached hydrogens (tertiary/aromatic N) is 2. The van der Waals surface area contributed by atoms with Crippen molar-refractivity contribution >= 4 is 5.96 Å². The van der Waals surface area contributed by atoms with E-state index < -0.39 is 0 Å². The van der Waals surface area contributed by atoms with Crippen LogP contribution < -0.4 is 5.32 Å². The van der Waals surface area contributed by atoms with E-state index in [0.29, 0.717) is 18.1 Å². The van der Waals surface area contributed by atoms with Crippen molar-refractivity contribution in [2.75, 3.05) is 0 Å². The van der Waals surface area contributed by atoms with Crippen molar-refractivity contribution in [2.24, 2.45) is 4.99 Å². The Morgan fingerprint density at radius 1 is 1.15 bits per heavy atom. The van der Waals surface area contributed by atoms with Crippen molar-refractivity contribution in [1.29, 1.82) is 0 Å². The first-order valence-corrected chi connectivity index (χ1v) is 7.69. The van der Waals surface area contributed by atoms with Crippen molar-refractivity contribution < 1.29 is 0 Å². The van der Waals surface area contributed by atoms with Gasteiger partial charge in [0.25, 0.3) is 0 Å². The van der Waals surface area contributed by atoms with Crippen molar-refractivity contribution in [1.82, 2.24) is 10.2 Å². The molecule has 104 valence electrons. The molecular formula is C17H21N3. The zero-order valence-electron chi connectivity index (χ0n) is 11.9. The van der Waals surface area contributed by atoms with Crippen LogP contribution in [0, 0.1) is 0 Å². The Hall–Kier alpha value is -1.77. The van der Waals surface area contributed by atoms with Gasteiger partial charge >= 0.3 is 0 Å². The van der Waals surface area contributed by atoms with E-state index >= 15 is 0 Å². The van der Waals surface area contributed by atoms with Gasteiger partial charge in [0.2, 0.25) is 0 Å². The molecule has 1 aromatic rings.